The predicted molar refractivity (Wildman–Crippen MR) is 80.7 cm³/mol. The lowest BCUT2D eigenvalue weighted by Crippen LogP contribution is -2.26. The Balaban J connectivity index is 1.89. The quantitative estimate of drug-likeness (QED) is 0.925. The molecular weight excluding hydrogens is 246 g/mol. The molecule has 104 valence electrons. The highest BCUT2D eigenvalue weighted by Gasteiger charge is 2.37. The van der Waals surface area contributed by atoms with Crippen LogP contribution in [0.2, 0.25) is 0 Å². The minimum absolute atomic E-state index is 0.605. The van der Waals surface area contributed by atoms with Crippen LogP contribution in [-0.4, -0.2) is 10.1 Å². The van der Waals surface area contributed by atoms with Crippen LogP contribution in [0, 0.1) is 6.92 Å². The fourth-order valence-electron chi connectivity index (χ4n) is 3.07. The van der Waals surface area contributed by atoms with Crippen molar-refractivity contribution in [2.75, 3.05) is 0 Å². The molecule has 1 aromatic heterocycles. The summed E-state index contributed by atoms with van der Waals surface area (Å²) in [6.45, 7) is 4.20. The molecule has 0 bridgehead atoms. The average molecular weight is 267 g/mol. The molecule has 1 aliphatic rings. The Morgan fingerprint density at radius 2 is 2.10 bits per heavy atom. The lowest BCUT2D eigenvalue weighted by molar-refractivity contribution is 0.0379. The van der Waals surface area contributed by atoms with Gasteiger partial charge in [-0.15, -0.1) is 0 Å². The number of aliphatic hydroxyl groups is 1. The van der Waals surface area contributed by atoms with Crippen LogP contribution in [0.5, 0.6) is 0 Å². The van der Waals surface area contributed by atoms with Gasteiger partial charge < -0.3 is 5.11 Å². The Kier molecular flexibility index (Phi) is 3.35. The van der Waals surface area contributed by atoms with Crippen molar-refractivity contribution < 1.29 is 5.11 Å². The van der Waals surface area contributed by atoms with Gasteiger partial charge in [0.25, 0.3) is 0 Å². The second kappa shape index (κ2) is 5.02. The molecule has 20 heavy (non-hydrogen) atoms. The van der Waals surface area contributed by atoms with Gasteiger partial charge in [-0.1, -0.05) is 36.8 Å². The van der Waals surface area contributed by atoms with Gasteiger partial charge in [0.2, 0.25) is 0 Å². The molecule has 2 aromatic rings. The average Bonchev–Trinajstić information content (AvgIpc) is 2.77. The summed E-state index contributed by atoms with van der Waals surface area (Å²) in [7, 11) is 0. The largest absolute Gasteiger partial charge is 0.385 e. The van der Waals surface area contributed by atoms with Crippen LogP contribution < -0.4 is 0 Å². The zero-order chi connectivity index (χ0) is 14.2. The summed E-state index contributed by atoms with van der Waals surface area (Å²) in [5, 5.41) is 11.0. The summed E-state index contributed by atoms with van der Waals surface area (Å²) in [4.78, 5) is 4.49. The van der Waals surface area contributed by atoms with Gasteiger partial charge in [-0.25, -0.2) is 0 Å². The topological polar surface area (TPSA) is 33.1 Å². The van der Waals surface area contributed by atoms with Crippen LogP contribution in [0.15, 0.2) is 36.5 Å². The van der Waals surface area contributed by atoms with Gasteiger partial charge in [-0.2, -0.15) is 0 Å². The van der Waals surface area contributed by atoms with Crippen LogP contribution >= 0.6 is 0 Å². The van der Waals surface area contributed by atoms with Crippen LogP contribution in [0.25, 0.3) is 0 Å². The van der Waals surface area contributed by atoms with Gasteiger partial charge in [0.15, 0.2) is 0 Å². The molecule has 2 heteroatoms. The number of fused-ring (bicyclic) bond motifs is 1. The van der Waals surface area contributed by atoms with Gasteiger partial charge in [-0.3, -0.25) is 4.98 Å². The normalized spacial score (nSPS) is 20.9. The molecule has 1 atom stereocenters. The maximum Gasteiger partial charge on any atom is 0.0957 e. The molecule has 0 fully saturated rings. The fourth-order valence-corrected chi connectivity index (χ4v) is 3.07. The third kappa shape index (κ3) is 2.36. The first-order valence-electron chi connectivity index (χ1n) is 7.37. The monoisotopic (exact) mass is 267 g/mol. The molecule has 1 N–H and O–H groups in total. The Morgan fingerprint density at radius 1 is 1.25 bits per heavy atom. The second-order valence-corrected chi connectivity index (χ2v) is 5.88. The number of hydrogen-bond donors (Lipinski definition) is 1. The molecule has 1 unspecified atom stereocenters. The molecule has 2 nitrogen and oxygen atoms in total. The minimum Gasteiger partial charge on any atom is -0.385 e. The predicted octanol–water partition coefficient (Wildman–Crippen LogP) is 3.33. The van der Waals surface area contributed by atoms with Crippen molar-refractivity contribution in [1.29, 1.82) is 0 Å². The van der Waals surface area contributed by atoms with Gasteiger partial charge in [0.05, 0.1) is 5.60 Å². The van der Waals surface area contributed by atoms with E-state index in [0.29, 0.717) is 6.42 Å². The number of aryl methyl sites for hydroxylation is 3. The number of rotatable bonds is 3. The number of nitrogens with zero attached hydrogens (tertiary/aromatic N) is 1. The van der Waals surface area contributed by atoms with Gasteiger partial charge in [-0.05, 0) is 48.9 Å². The first-order chi connectivity index (χ1) is 9.60. The molecule has 0 spiro atoms. The number of pyridine rings is 1. The number of aromatic nitrogens is 1. The van der Waals surface area contributed by atoms with Crippen molar-refractivity contribution in [3.05, 3.63) is 64.5 Å². The van der Waals surface area contributed by atoms with Crippen molar-refractivity contribution in [1.82, 2.24) is 4.98 Å². The van der Waals surface area contributed by atoms with Crippen molar-refractivity contribution in [2.24, 2.45) is 0 Å². The van der Waals surface area contributed by atoms with Gasteiger partial charge in [0, 0.05) is 18.3 Å². The van der Waals surface area contributed by atoms with Crippen molar-refractivity contribution in [3.8, 4) is 0 Å². The zero-order valence-corrected chi connectivity index (χ0v) is 12.2. The third-order valence-corrected chi connectivity index (χ3v) is 4.34. The number of benzene rings is 1. The molecule has 1 heterocycles. The first kappa shape index (κ1) is 13.3. The summed E-state index contributed by atoms with van der Waals surface area (Å²) in [6.07, 6.45) is 5.28. The van der Waals surface area contributed by atoms with Crippen molar-refractivity contribution >= 4 is 0 Å². The molecule has 3 rings (SSSR count). The van der Waals surface area contributed by atoms with E-state index < -0.39 is 5.60 Å². The van der Waals surface area contributed by atoms with Crippen molar-refractivity contribution in [3.63, 3.8) is 0 Å². The lowest BCUT2D eigenvalue weighted by atomic mass is 9.89. The second-order valence-electron chi connectivity index (χ2n) is 5.88. The van der Waals surface area contributed by atoms with Crippen LogP contribution in [-0.2, 0) is 24.9 Å². The molecule has 1 aliphatic carbocycles. The Hall–Kier alpha value is -1.67. The Bertz CT molecular complexity index is 618. The Labute approximate surface area is 120 Å². The molecule has 0 radical (unpaired) electrons. The molecule has 0 saturated carbocycles. The molecular formula is C18H21NO. The van der Waals surface area contributed by atoms with E-state index in [1.807, 2.05) is 12.3 Å². The third-order valence-electron chi connectivity index (χ3n) is 4.34. The maximum atomic E-state index is 11.0. The standard InChI is InChI=1S/C18H21NO/c1-3-14-5-7-16(19-12-14)11-18(20)9-8-15-6-4-13(2)10-17(15)18/h4-7,10,12,20H,3,8-9,11H2,1-2H3. The van der Waals surface area contributed by atoms with E-state index in [2.05, 4.69) is 43.1 Å². The molecule has 0 saturated heterocycles. The van der Waals surface area contributed by atoms with Crippen LogP contribution in [0.4, 0.5) is 0 Å². The van der Waals surface area contributed by atoms with E-state index in [0.717, 1.165) is 30.5 Å². The Morgan fingerprint density at radius 3 is 2.80 bits per heavy atom. The number of hydrogen-bond acceptors (Lipinski definition) is 2. The zero-order valence-electron chi connectivity index (χ0n) is 12.2. The maximum absolute atomic E-state index is 11.0. The highest BCUT2D eigenvalue weighted by Crippen LogP contribution is 2.39. The summed E-state index contributed by atoms with van der Waals surface area (Å²) in [5.74, 6) is 0. The van der Waals surface area contributed by atoms with Crippen LogP contribution in [0.1, 0.15) is 41.3 Å². The van der Waals surface area contributed by atoms with E-state index in [9.17, 15) is 5.11 Å². The molecule has 0 aliphatic heterocycles. The van der Waals surface area contributed by atoms with Crippen LogP contribution in [0.3, 0.4) is 0 Å². The summed E-state index contributed by atoms with van der Waals surface area (Å²) in [5.41, 5.74) is 5.05. The minimum atomic E-state index is -0.748. The van der Waals surface area contributed by atoms with E-state index in [-0.39, 0.29) is 0 Å². The SMILES string of the molecule is CCc1ccc(CC2(O)CCc3ccc(C)cc32)nc1. The fraction of sp³-hybridized carbons (Fsp3) is 0.389. The van der Waals surface area contributed by atoms with E-state index in [4.69, 9.17) is 0 Å². The molecule has 1 aromatic carbocycles. The lowest BCUT2D eigenvalue weighted by Gasteiger charge is -2.24. The van der Waals surface area contributed by atoms with E-state index >= 15 is 0 Å². The summed E-state index contributed by atoms with van der Waals surface area (Å²) < 4.78 is 0. The highest BCUT2D eigenvalue weighted by molar-refractivity contribution is 5.40. The van der Waals surface area contributed by atoms with E-state index in [1.165, 1.54) is 16.7 Å². The summed E-state index contributed by atoms with van der Waals surface area (Å²) >= 11 is 0. The first-order valence-corrected chi connectivity index (χ1v) is 7.37. The van der Waals surface area contributed by atoms with Gasteiger partial charge >= 0.3 is 0 Å². The van der Waals surface area contributed by atoms with E-state index in [1.54, 1.807) is 0 Å². The van der Waals surface area contributed by atoms with Crippen molar-refractivity contribution in [2.45, 2.75) is 45.1 Å². The highest BCUT2D eigenvalue weighted by atomic mass is 16.3. The van der Waals surface area contributed by atoms with Gasteiger partial charge in [0.1, 0.15) is 0 Å². The smallest absolute Gasteiger partial charge is 0.0957 e. The summed E-state index contributed by atoms with van der Waals surface area (Å²) in [6, 6.07) is 10.6. The molecule has 0 amide bonds.